The van der Waals surface area contributed by atoms with Crippen LogP contribution in [0.5, 0.6) is 5.75 Å². The van der Waals surface area contributed by atoms with Crippen LogP contribution >= 0.6 is 0 Å². The number of ether oxygens (including phenoxy) is 1. The second kappa shape index (κ2) is 5.54. The number of benzene rings is 1. The van der Waals surface area contributed by atoms with Gasteiger partial charge in [-0.1, -0.05) is 26.0 Å². The Bertz CT molecular complexity index is 523. The summed E-state index contributed by atoms with van der Waals surface area (Å²) in [6, 6.07) is 11.9. The van der Waals surface area contributed by atoms with E-state index >= 15 is 0 Å². The molecule has 0 saturated carbocycles. The van der Waals surface area contributed by atoms with Crippen molar-refractivity contribution in [2.45, 2.75) is 26.4 Å². The molecule has 0 bridgehead atoms. The molecule has 0 unspecified atom stereocenters. The summed E-state index contributed by atoms with van der Waals surface area (Å²) in [5.41, 5.74) is 7.93. The maximum Gasteiger partial charge on any atom is 0.123 e. The van der Waals surface area contributed by atoms with E-state index in [2.05, 4.69) is 31.0 Å². The molecule has 0 amide bonds. The van der Waals surface area contributed by atoms with Crippen LogP contribution in [0.4, 0.5) is 5.82 Å². The molecule has 0 aliphatic carbocycles. The average molecular weight is 242 g/mol. The first-order chi connectivity index (χ1) is 8.65. The minimum absolute atomic E-state index is 0.505. The normalized spacial score (nSPS) is 10.6. The fraction of sp³-hybridized carbons (Fsp3) is 0.267. The van der Waals surface area contributed by atoms with Crippen LogP contribution in [0.3, 0.4) is 0 Å². The van der Waals surface area contributed by atoms with Gasteiger partial charge >= 0.3 is 0 Å². The molecule has 2 N–H and O–H groups in total. The van der Waals surface area contributed by atoms with Crippen LogP contribution in [0.2, 0.25) is 0 Å². The van der Waals surface area contributed by atoms with Gasteiger partial charge in [0, 0.05) is 6.20 Å². The van der Waals surface area contributed by atoms with Gasteiger partial charge in [0.25, 0.3) is 0 Å². The van der Waals surface area contributed by atoms with E-state index in [9.17, 15) is 0 Å². The third-order valence-corrected chi connectivity index (χ3v) is 2.78. The largest absolute Gasteiger partial charge is 0.489 e. The summed E-state index contributed by atoms with van der Waals surface area (Å²) in [4.78, 5) is 3.95. The SMILES string of the molecule is CC(C)c1cccc(OCc2ccnc(N)c2)c1. The lowest BCUT2D eigenvalue weighted by molar-refractivity contribution is 0.306. The molecule has 3 heteroatoms. The van der Waals surface area contributed by atoms with Crippen LogP contribution < -0.4 is 10.5 Å². The smallest absolute Gasteiger partial charge is 0.123 e. The summed E-state index contributed by atoms with van der Waals surface area (Å²) < 4.78 is 5.75. The molecule has 2 aromatic rings. The molecule has 3 nitrogen and oxygen atoms in total. The van der Waals surface area contributed by atoms with Gasteiger partial charge < -0.3 is 10.5 Å². The van der Waals surface area contributed by atoms with Crippen molar-refractivity contribution in [3.8, 4) is 5.75 Å². The third-order valence-electron chi connectivity index (χ3n) is 2.78. The number of pyridine rings is 1. The molecule has 2 rings (SSSR count). The number of hydrogen-bond donors (Lipinski definition) is 1. The minimum Gasteiger partial charge on any atom is -0.489 e. The molecule has 0 spiro atoms. The van der Waals surface area contributed by atoms with Crippen molar-refractivity contribution in [3.63, 3.8) is 0 Å². The van der Waals surface area contributed by atoms with E-state index in [4.69, 9.17) is 10.5 Å². The lowest BCUT2D eigenvalue weighted by atomic mass is 10.0. The van der Waals surface area contributed by atoms with Gasteiger partial charge in [-0.3, -0.25) is 0 Å². The molecule has 0 aliphatic heterocycles. The first-order valence-electron chi connectivity index (χ1n) is 6.08. The van der Waals surface area contributed by atoms with E-state index in [1.807, 2.05) is 24.3 Å². The maximum absolute atomic E-state index is 5.75. The van der Waals surface area contributed by atoms with Gasteiger partial charge in [-0.2, -0.15) is 0 Å². The van der Waals surface area contributed by atoms with Gasteiger partial charge in [0.15, 0.2) is 0 Å². The Morgan fingerprint density at radius 2 is 2.06 bits per heavy atom. The highest BCUT2D eigenvalue weighted by atomic mass is 16.5. The number of nitrogens with zero attached hydrogens (tertiary/aromatic N) is 1. The fourth-order valence-electron chi connectivity index (χ4n) is 1.71. The zero-order chi connectivity index (χ0) is 13.0. The Balaban J connectivity index is 2.04. The van der Waals surface area contributed by atoms with Gasteiger partial charge in [0.1, 0.15) is 18.2 Å². The highest BCUT2D eigenvalue weighted by molar-refractivity contribution is 5.33. The fourth-order valence-corrected chi connectivity index (χ4v) is 1.71. The van der Waals surface area contributed by atoms with Crippen molar-refractivity contribution in [3.05, 3.63) is 53.7 Å². The summed E-state index contributed by atoms with van der Waals surface area (Å²) in [7, 11) is 0. The summed E-state index contributed by atoms with van der Waals surface area (Å²) in [6.07, 6.45) is 1.69. The van der Waals surface area contributed by atoms with Crippen LogP contribution in [-0.2, 0) is 6.61 Å². The van der Waals surface area contributed by atoms with Crippen LogP contribution in [0.25, 0.3) is 0 Å². The van der Waals surface area contributed by atoms with Gasteiger partial charge in [0.2, 0.25) is 0 Å². The van der Waals surface area contributed by atoms with Crippen LogP contribution in [-0.4, -0.2) is 4.98 Å². The van der Waals surface area contributed by atoms with Gasteiger partial charge in [-0.15, -0.1) is 0 Å². The molecule has 1 aromatic heterocycles. The first kappa shape index (κ1) is 12.4. The molecular formula is C15H18N2O. The predicted molar refractivity (Wildman–Crippen MR) is 73.5 cm³/mol. The summed E-state index contributed by atoms with van der Waals surface area (Å²) >= 11 is 0. The van der Waals surface area contributed by atoms with Crippen LogP contribution in [0.15, 0.2) is 42.6 Å². The predicted octanol–water partition coefficient (Wildman–Crippen LogP) is 3.37. The van der Waals surface area contributed by atoms with Crippen molar-refractivity contribution in [1.29, 1.82) is 0 Å². The summed E-state index contributed by atoms with van der Waals surface area (Å²) in [6.45, 7) is 4.85. The molecule has 0 aliphatic rings. The first-order valence-corrected chi connectivity index (χ1v) is 6.08. The van der Waals surface area contributed by atoms with E-state index in [0.717, 1.165) is 11.3 Å². The van der Waals surface area contributed by atoms with Gasteiger partial charge in [-0.05, 0) is 41.3 Å². The number of nitrogens with two attached hydrogens (primary N) is 1. The summed E-state index contributed by atoms with van der Waals surface area (Å²) in [5.74, 6) is 1.91. The highest BCUT2D eigenvalue weighted by Crippen LogP contribution is 2.21. The Labute approximate surface area is 108 Å². The van der Waals surface area contributed by atoms with Crippen molar-refractivity contribution >= 4 is 5.82 Å². The zero-order valence-corrected chi connectivity index (χ0v) is 10.8. The van der Waals surface area contributed by atoms with Gasteiger partial charge in [-0.25, -0.2) is 4.98 Å². The molecule has 1 heterocycles. The number of anilines is 1. The van der Waals surface area contributed by atoms with Crippen LogP contribution in [0, 0.1) is 0 Å². The van der Waals surface area contributed by atoms with E-state index < -0.39 is 0 Å². The van der Waals surface area contributed by atoms with Crippen molar-refractivity contribution in [2.75, 3.05) is 5.73 Å². The lowest BCUT2D eigenvalue weighted by Gasteiger charge is -2.10. The summed E-state index contributed by atoms with van der Waals surface area (Å²) in [5, 5.41) is 0. The second-order valence-electron chi connectivity index (χ2n) is 4.60. The van der Waals surface area contributed by atoms with Crippen molar-refractivity contribution < 1.29 is 4.74 Å². The average Bonchev–Trinajstić information content (AvgIpc) is 2.37. The van der Waals surface area contributed by atoms with E-state index in [1.54, 1.807) is 6.20 Å². The van der Waals surface area contributed by atoms with Crippen molar-refractivity contribution in [2.24, 2.45) is 0 Å². The minimum atomic E-state index is 0.505. The number of rotatable bonds is 4. The number of nitrogen functional groups attached to an aromatic ring is 1. The Morgan fingerprint density at radius 1 is 1.22 bits per heavy atom. The Kier molecular flexibility index (Phi) is 3.82. The van der Waals surface area contributed by atoms with E-state index in [1.165, 1.54) is 5.56 Å². The van der Waals surface area contributed by atoms with Crippen molar-refractivity contribution in [1.82, 2.24) is 4.98 Å². The quantitative estimate of drug-likeness (QED) is 0.894. The van der Waals surface area contributed by atoms with Gasteiger partial charge in [0.05, 0.1) is 0 Å². The maximum atomic E-state index is 5.75. The second-order valence-corrected chi connectivity index (χ2v) is 4.60. The lowest BCUT2D eigenvalue weighted by Crippen LogP contribution is -1.98. The molecular weight excluding hydrogens is 224 g/mol. The molecule has 94 valence electrons. The topological polar surface area (TPSA) is 48.1 Å². The third kappa shape index (κ3) is 3.23. The van der Waals surface area contributed by atoms with E-state index in [0.29, 0.717) is 18.3 Å². The monoisotopic (exact) mass is 242 g/mol. The van der Waals surface area contributed by atoms with E-state index in [-0.39, 0.29) is 0 Å². The number of aromatic nitrogens is 1. The molecule has 18 heavy (non-hydrogen) atoms. The molecule has 0 radical (unpaired) electrons. The molecule has 0 atom stereocenters. The highest BCUT2D eigenvalue weighted by Gasteiger charge is 2.01. The Hall–Kier alpha value is -2.03. The molecule has 0 saturated heterocycles. The zero-order valence-electron chi connectivity index (χ0n) is 10.8. The standard InChI is InChI=1S/C15H18N2O/c1-11(2)13-4-3-5-14(9-13)18-10-12-6-7-17-15(16)8-12/h3-9,11H,10H2,1-2H3,(H2,16,17). The Morgan fingerprint density at radius 3 is 2.78 bits per heavy atom. The van der Waals surface area contributed by atoms with Crippen LogP contribution in [0.1, 0.15) is 30.9 Å². The molecule has 1 aromatic carbocycles. The molecule has 0 fully saturated rings. The number of hydrogen-bond acceptors (Lipinski definition) is 3.